The second-order valence-corrected chi connectivity index (χ2v) is 6.61. The average Bonchev–Trinajstić information content (AvgIpc) is 2.41. The molecule has 21 heavy (non-hydrogen) atoms. The van der Waals surface area contributed by atoms with E-state index in [1.165, 1.54) is 35.5 Å². The number of hydrogen-bond acceptors (Lipinski definition) is 4. The van der Waals surface area contributed by atoms with E-state index in [2.05, 4.69) is 20.8 Å². The first-order chi connectivity index (χ1) is 8.96. The van der Waals surface area contributed by atoms with Gasteiger partial charge in [-0.25, -0.2) is 4.79 Å². The minimum absolute atomic E-state index is 0. The number of rotatable bonds is 5. The molecular formula is C14H21KO5S. The van der Waals surface area contributed by atoms with E-state index in [1.807, 2.05) is 0 Å². The standard InChI is InChI=1S/C8H6O4.C6H15S.K.H2O/c9-7(10)5-2-1-3-6(4-5)8(11)12;1-4-7(5-2)6-3;;/h1-4H,(H,9,10)(H,11,12);4-6H2,1-3H3;;1H2/q;2*+1;/p-2. The van der Waals surface area contributed by atoms with Gasteiger partial charge in [-0.05, 0) is 49.4 Å². The molecule has 0 bridgehead atoms. The Morgan fingerprint density at radius 1 is 1.10 bits per heavy atom. The van der Waals surface area contributed by atoms with Crippen molar-refractivity contribution in [3.8, 4) is 0 Å². The molecule has 5 nitrogen and oxygen atoms in total. The molecule has 0 aromatic heterocycles. The molecule has 114 valence electrons. The Morgan fingerprint density at radius 2 is 1.52 bits per heavy atom. The summed E-state index contributed by atoms with van der Waals surface area (Å²) in [4.78, 5) is 20.6. The van der Waals surface area contributed by atoms with Crippen LogP contribution in [0.2, 0.25) is 0 Å². The fourth-order valence-corrected chi connectivity index (χ4v) is 2.62. The van der Waals surface area contributed by atoms with Gasteiger partial charge in [0.1, 0.15) is 17.3 Å². The van der Waals surface area contributed by atoms with Gasteiger partial charge in [0.05, 0.1) is 11.5 Å². The Bertz CT molecular complexity index is 387. The molecule has 0 spiro atoms. The number of aromatic carboxylic acids is 2. The minimum atomic E-state index is -1.38. The third-order valence-electron chi connectivity index (χ3n) is 2.57. The molecule has 0 fully saturated rings. The molecule has 0 aliphatic rings. The normalized spacial score (nSPS) is 8.76. The quantitative estimate of drug-likeness (QED) is 0.505. The largest absolute Gasteiger partial charge is 1.00 e. The van der Waals surface area contributed by atoms with Crippen molar-refractivity contribution in [1.29, 1.82) is 0 Å². The first kappa shape index (κ1) is 26.0. The van der Waals surface area contributed by atoms with Crippen LogP contribution in [0.15, 0.2) is 24.3 Å². The van der Waals surface area contributed by atoms with Gasteiger partial charge < -0.3 is 20.5 Å². The Hall–Kier alpha value is 0.106. The maximum atomic E-state index is 10.4. The van der Waals surface area contributed by atoms with Crippen LogP contribution in [0.25, 0.3) is 0 Å². The first-order valence-corrected chi connectivity index (χ1v) is 7.88. The molecule has 0 saturated heterocycles. The van der Waals surface area contributed by atoms with Crippen LogP contribution < -0.4 is 56.5 Å². The van der Waals surface area contributed by atoms with E-state index >= 15 is 0 Å². The van der Waals surface area contributed by atoms with Crippen LogP contribution in [-0.2, 0) is 10.9 Å². The zero-order valence-corrected chi connectivity index (χ0v) is 16.9. The molecule has 0 aliphatic carbocycles. The van der Waals surface area contributed by atoms with Gasteiger partial charge in [0.2, 0.25) is 0 Å². The predicted octanol–water partition coefficient (Wildman–Crippen LogP) is -1.76. The fraction of sp³-hybridized carbons (Fsp3) is 0.429. The summed E-state index contributed by atoms with van der Waals surface area (Å²) < 4.78 is 0. The van der Waals surface area contributed by atoms with Crippen molar-refractivity contribution in [2.75, 3.05) is 17.3 Å². The van der Waals surface area contributed by atoms with Crippen LogP contribution >= 0.6 is 0 Å². The molecule has 0 radical (unpaired) electrons. The number of benzene rings is 1. The number of hydrogen-bond donors (Lipinski definition) is 1. The number of carboxylic acid groups (broad SMARTS) is 2. The smallest absolute Gasteiger partial charge is 0.870 e. The van der Waals surface area contributed by atoms with Crippen LogP contribution in [0.3, 0.4) is 0 Å². The van der Waals surface area contributed by atoms with E-state index < -0.39 is 11.9 Å². The summed E-state index contributed by atoms with van der Waals surface area (Å²) in [6, 6.07) is 5.00. The first-order valence-electron chi connectivity index (χ1n) is 6.14. The second-order valence-electron chi connectivity index (χ2n) is 3.65. The van der Waals surface area contributed by atoms with Gasteiger partial charge in [0.25, 0.3) is 0 Å². The van der Waals surface area contributed by atoms with Crippen LogP contribution in [0.4, 0.5) is 0 Å². The summed E-state index contributed by atoms with van der Waals surface area (Å²) in [6.07, 6.45) is 0. The SMILES string of the molecule is CC[S+](CC)CC.O=C([O-])c1cccc(C(=O)O)c1.[K+].[OH-]. The van der Waals surface area contributed by atoms with Crippen molar-refractivity contribution < 1.29 is 76.7 Å². The Labute approximate surface area is 171 Å². The summed E-state index contributed by atoms with van der Waals surface area (Å²) in [5.41, 5.74) is -0.188. The number of carboxylic acids is 2. The number of carbonyl (C=O) groups is 2. The Morgan fingerprint density at radius 3 is 1.81 bits per heavy atom. The van der Waals surface area contributed by atoms with Gasteiger partial charge in [-0.15, -0.1) is 0 Å². The molecule has 1 aromatic carbocycles. The predicted molar refractivity (Wildman–Crippen MR) is 78.7 cm³/mol. The summed E-state index contributed by atoms with van der Waals surface area (Å²) >= 11 is 0. The van der Waals surface area contributed by atoms with E-state index in [0.717, 1.165) is 17.0 Å². The third-order valence-corrected chi connectivity index (χ3v) is 5.02. The summed E-state index contributed by atoms with van der Waals surface area (Å²) in [5, 5.41) is 18.7. The maximum Gasteiger partial charge on any atom is 1.00 e. The van der Waals surface area contributed by atoms with Crippen molar-refractivity contribution in [3.05, 3.63) is 35.4 Å². The van der Waals surface area contributed by atoms with Crippen molar-refractivity contribution in [2.24, 2.45) is 0 Å². The summed E-state index contributed by atoms with van der Waals surface area (Å²) in [7, 11) is 0.755. The summed E-state index contributed by atoms with van der Waals surface area (Å²) in [6.45, 7) is 6.82. The maximum absolute atomic E-state index is 10.4. The molecule has 0 amide bonds. The Kier molecular flexibility index (Phi) is 18.6. The topological polar surface area (TPSA) is 107 Å². The molecule has 1 aromatic rings. The van der Waals surface area contributed by atoms with Gasteiger partial charge in [-0.2, -0.15) is 0 Å². The van der Waals surface area contributed by atoms with Crippen LogP contribution in [-0.4, -0.2) is 39.8 Å². The molecule has 2 N–H and O–H groups in total. The van der Waals surface area contributed by atoms with E-state index in [4.69, 9.17) is 5.11 Å². The van der Waals surface area contributed by atoms with Crippen LogP contribution in [0, 0.1) is 0 Å². The molecular weight excluding hydrogens is 319 g/mol. The summed E-state index contributed by atoms with van der Waals surface area (Å²) in [5.74, 6) is 1.61. The monoisotopic (exact) mass is 340 g/mol. The van der Waals surface area contributed by atoms with Gasteiger partial charge in [-0.3, -0.25) is 0 Å². The van der Waals surface area contributed by atoms with Crippen molar-refractivity contribution >= 4 is 22.8 Å². The molecule has 0 aliphatic heterocycles. The van der Waals surface area contributed by atoms with Crippen LogP contribution in [0.5, 0.6) is 0 Å². The molecule has 7 heteroatoms. The molecule has 0 heterocycles. The van der Waals surface area contributed by atoms with Crippen molar-refractivity contribution in [1.82, 2.24) is 0 Å². The van der Waals surface area contributed by atoms with E-state index in [1.54, 1.807) is 0 Å². The number of carbonyl (C=O) groups excluding carboxylic acids is 1. The molecule has 0 saturated carbocycles. The average molecular weight is 340 g/mol. The minimum Gasteiger partial charge on any atom is -0.870 e. The zero-order chi connectivity index (χ0) is 14.8. The molecule has 0 atom stereocenters. The zero-order valence-electron chi connectivity index (χ0n) is 13.0. The Balaban J connectivity index is -0.000000317. The van der Waals surface area contributed by atoms with Gasteiger partial charge in [-0.1, -0.05) is 12.1 Å². The van der Waals surface area contributed by atoms with Crippen molar-refractivity contribution in [2.45, 2.75) is 20.8 Å². The van der Waals surface area contributed by atoms with Gasteiger partial charge >= 0.3 is 57.4 Å². The van der Waals surface area contributed by atoms with E-state index in [9.17, 15) is 14.7 Å². The third kappa shape index (κ3) is 11.3. The van der Waals surface area contributed by atoms with Gasteiger partial charge in [0, 0.05) is 0 Å². The van der Waals surface area contributed by atoms with Crippen LogP contribution in [0.1, 0.15) is 41.5 Å². The van der Waals surface area contributed by atoms with Gasteiger partial charge in [0.15, 0.2) is 0 Å². The fourth-order valence-electron chi connectivity index (χ4n) is 1.39. The van der Waals surface area contributed by atoms with E-state index in [-0.39, 0.29) is 68.0 Å². The second kappa shape index (κ2) is 15.0. The van der Waals surface area contributed by atoms with Crippen molar-refractivity contribution in [3.63, 3.8) is 0 Å². The van der Waals surface area contributed by atoms with E-state index in [0.29, 0.717) is 0 Å². The molecule has 0 unspecified atom stereocenters. The molecule has 1 rings (SSSR count).